The van der Waals surface area contributed by atoms with Crippen molar-refractivity contribution in [3.05, 3.63) is 11.9 Å². The molecular weight excluding hydrogens is 242 g/mol. The van der Waals surface area contributed by atoms with E-state index in [1.807, 2.05) is 0 Å². The predicted octanol–water partition coefficient (Wildman–Crippen LogP) is 0.844. The number of aromatic amines is 1. The fourth-order valence-corrected chi connectivity index (χ4v) is 2.36. The molecule has 0 radical (unpaired) electrons. The van der Waals surface area contributed by atoms with Gasteiger partial charge in [0.25, 0.3) is 5.91 Å². The molecule has 0 saturated carbocycles. The van der Waals surface area contributed by atoms with Gasteiger partial charge in [0.15, 0.2) is 0 Å². The maximum Gasteiger partial charge on any atom is 0.271 e. The number of nitrogens with two attached hydrogens (primary N) is 1. The van der Waals surface area contributed by atoms with E-state index in [2.05, 4.69) is 27.3 Å². The van der Waals surface area contributed by atoms with Crippen LogP contribution in [0.5, 0.6) is 0 Å². The number of amides is 1. The molecule has 6 nitrogen and oxygen atoms in total. The molecule has 2 rings (SSSR count). The monoisotopic (exact) mass is 265 g/mol. The molecular formula is C13H23N5O. The number of nitrogen functional groups attached to an aromatic ring is 1. The van der Waals surface area contributed by atoms with Gasteiger partial charge in [-0.3, -0.25) is 9.89 Å². The number of aromatic nitrogens is 2. The van der Waals surface area contributed by atoms with Crippen LogP contribution >= 0.6 is 0 Å². The summed E-state index contributed by atoms with van der Waals surface area (Å²) in [5.74, 6) is 0.682. The van der Waals surface area contributed by atoms with Crippen molar-refractivity contribution < 1.29 is 4.79 Å². The molecule has 1 aliphatic rings. The number of carbonyl (C=O) groups is 1. The molecule has 1 fully saturated rings. The second kappa shape index (κ2) is 6.56. The van der Waals surface area contributed by atoms with Gasteiger partial charge in [-0.1, -0.05) is 6.92 Å². The van der Waals surface area contributed by atoms with Crippen LogP contribution in [0.2, 0.25) is 0 Å². The van der Waals surface area contributed by atoms with Crippen molar-refractivity contribution >= 4 is 11.6 Å². The van der Waals surface area contributed by atoms with Crippen LogP contribution in [0.15, 0.2) is 6.20 Å². The first-order valence-corrected chi connectivity index (χ1v) is 6.96. The van der Waals surface area contributed by atoms with Crippen LogP contribution < -0.4 is 11.1 Å². The van der Waals surface area contributed by atoms with E-state index < -0.39 is 0 Å². The average Bonchev–Trinajstić information content (AvgIpc) is 2.83. The summed E-state index contributed by atoms with van der Waals surface area (Å²) in [6.45, 7) is 6.40. The molecule has 0 aromatic carbocycles. The highest BCUT2D eigenvalue weighted by Gasteiger charge is 2.15. The Morgan fingerprint density at radius 3 is 2.95 bits per heavy atom. The Bertz CT molecular complexity index is 409. The number of anilines is 1. The number of hydrogen-bond donors (Lipinski definition) is 3. The molecule has 106 valence electrons. The van der Waals surface area contributed by atoms with E-state index in [0.717, 1.165) is 18.9 Å². The number of likely N-dealkylation sites (tertiary alicyclic amines) is 1. The Morgan fingerprint density at radius 1 is 1.58 bits per heavy atom. The third kappa shape index (κ3) is 3.96. The molecule has 0 aliphatic carbocycles. The Morgan fingerprint density at radius 2 is 2.32 bits per heavy atom. The normalized spacial score (nSPS) is 17.5. The summed E-state index contributed by atoms with van der Waals surface area (Å²) in [5, 5.41) is 9.19. The van der Waals surface area contributed by atoms with Crippen LogP contribution in [-0.4, -0.2) is 47.2 Å². The molecule has 0 spiro atoms. The van der Waals surface area contributed by atoms with Gasteiger partial charge in [0.2, 0.25) is 0 Å². The SMILES string of the molecule is CC1CCN(CCCNC(=O)c2[nH]ncc2N)CC1. The minimum atomic E-state index is -0.178. The number of hydrogen-bond acceptors (Lipinski definition) is 4. The number of carbonyl (C=O) groups excluding carboxylic acids is 1. The number of nitrogens with one attached hydrogen (secondary N) is 2. The summed E-state index contributed by atoms with van der Waals surface area (Å²) in [6.07, 6.45) is 4.99. The van der Waals surface area contributed by atoms with E-state index in [1.54, 1.807) is 0 Å². The van der Waals surface area contributed by atoms with Gasteiger partial charge < -0.3 is 16.0 Å². The summed E-state index contributed by atoms with van der Waals surface area (Å²) in [7, 11) is 0. The van der Waals surface area contributed by atoms with Crippen molar-refractivity contribution in [2.75, 3.05) is 31.9 Å². The van der Waals surface area contributed by atoms with E-state index in [0.29, 0.717) is 17.9 Å². The third-order valence-electron chi connectivity index (χ3n) is 3.71. The van der Waals surface area contributed by atoms with E-state index in [-0.39, 0.29) is 5.91 Å². The summed E-state index contributed by atoms with van der Waals surface area (Å²) in [6, 6.07) is 0. The minimum Gasteiger partial charge on any atom is -0.396 e. The van der Waals surface area contributed by atoms with Gasteiger partial charge in [-0.25, -0.2) is 0 Å². The van der Waals surface area contributed by atoms with Crippen molar-refractivity contribution in [3.63, 3.8) is 0 Å². The van der Waals surface area contributed by atoms with Crippen molar-refractivity contribution in [1.82, 2.24) is 20.4 Å². The first kappa shape index (κ1) is 13.9. The average molecular weight is 265 g/mol. The Balaban J connectivity index is 1.62. The lowest BCUT2D eigenvalue weighted by Gasteiger charge is -2.30. The minimum absolute atomic E-state index is 0.178. The van der Waals surface area contributed by atoms with Crippen LogP contribution in [0.3, 0.4) is 0 Å². The quantitative estimate of drug-likeness (QED) is 0.689. The van der Waals surface area contributed by atoms with Crippen LogP contribution in [-0.2, 0) is 0 Å². The predicted molar refractivity (Wildman–Crippen MR) is 74.8 cm³/mol. The molecule has 2 heterocycles. The molecule has 0 atom stereocenters. The molecule has 1 aliphatic heterocycles. The largest absolute Gasteiger partial charge is 0.396 e. The van der Waals surface area contributed by atoms with E-state index in [9.17, 15) is 4.79 Å². The second-order valence-electron chi connectivity index (χ2n) is 5.33. The lowest BCUT2D eigenvalue weighted by atomic mass is 9.99. The number of H-pyrrole nitrogens is 1. The second-order valence-corrected chi connectivity index (χ2v) is 5.33. The first-order chi connectivity index (χ1) is 9.16. The van der Waals surface area contributed by atoms with Gasteiger partial charge in [0.05, 0.1) is 11.9 Å². The van der Waals surface area contributed by atoms with Gasteiger partial charge >= 0.3 is 0 Å². The standard InChI is InChI=1S/C13H23N5O/c1-10-3-7-18(8-4-10)6-2-5-15-13(19)12-11(14)9-16-17-12/h9-10H,2-8,14H2,1H3,(H,15,19)(H,16,17). The Kier molecular flexibility index (Phi) is 4.79. The first-order valence-electron chi connectivity index (χ1n) is 6.96. The maximum absolute atomic E-state index is 11.7. The van der Waals surface area contributed by atoms with Gasteiger partial charge in [-0.15, -0.1) is 0 Å². The molecule has 1 amide bonds. The zero-order chi connectivity index (χ0) is 13.7. The smallest absolute Gasteiger partial charge is 0.271 e. The lowest BCUT2D eigenvalue weighted by Crippen LogP contribution is -2.35. The fraction of sp³-hybridized carbons (Fsp3) is 0.692. The Hall–Kier alpha value is -1.56. The molecule has 6 heteroatoms. The Labute approximate surface area is 113 Å². The van der Waals surface area contributed by atoms with Crippen molar-refractivity contribution in [2.24, 2.45) is 5.92 Å². The van der Waals surface area contributed by atoms with Gasteiger partial charge in [0.1, 0.15) is 5.69 Å². The van der Waals surface area contributed by atoms with Crippen LogP contribution in [0.4, 0.5) is 5.69 Å². The van der Waals surface area contributed by atoms with E-state index >= 15 is 0 Å². The highest BCUT2D eigenvalue weighted by Crippen LogP contribution is 2.15. The molecule has 1 saturated heterocycles. The summed E-state index contributed by atoms with van der Waals surface area (Å²) < 4.78 is 0. The number of rotatable bonds is 5. The fourth-order valence-electron chi connectivity index (χ4n) is 2.36. The lowest BCUT2D eigenvalue weighted by molar-refractivity contribution is 0.0946. The van der Waals surface area contributed by atoms with Gasteiger partial charge in [-0.05, 0) is 44.8 Å². The molecule has 1 aromatic heterocycles. The topological polar surface area (TPSA) is 87.0 Å². The number of nitrogens with zero attached hydrogens (tertiary/aromatic N) is 2. The summed E-state index contributed by atoms with van der Waals surface area (Å²) >= 11 is 0. The van der Waals surface area contributed by atoms with Crippen molar-refractivity contribution in [1.29, 1.82) is 0 Å². The number of piperidine rings is 1. The van der Waals surface area contributed by atoms with Crippen LogP contribution in [0.25, 0.3) is 0 Å². The molecule has 0 bridgehead atoms. The summed E-state index contributed by atoms with van der Waals surface area (Å²) in [4.78, 5) is 14.2. The highest BCUT2D eigenvalue weighted by atomic mass is 16.1. The maximum atomic E-state index is 11.7. The summed E-state index contributed by atoms with van der Waals surface area (Å²) in [5.41, 5.74) is 6.36. The zero-order valence-electron chi connectivity index (χ0n) is 11.5. The van der Waals surface area contributed by atoms with Gasteiger partial charge in [0, 0.05) is 6.54 Å². The van der Waals surface area contributed by atoms with Gasteiger partial charge in [-0.2, -0.15) is 5.10 Å². The molecule has 4 N–H and O–H groups in total. The van der Waals surface area contributed by atoms with E-state index in [4.69, 9.17) is 5.73 Å². The van der Waals surface area contributed by atoms with Crippen molar-refractivity contribution in [3.8, 4) is 0 Å². The highest BCUT2D eigenvalue weighted by molar-refractivity contribution is 5.96. The molecule has 1 aromatic rings. The van der Waals surface area contributed by atoms with Crippen LogP contribution in [0, 0.1) is 5.92 Å². The zero-order valence-corrected chi connectivity index (χ0v) is 11.5. The molecule has 0 unspecified atom stereocenters. The van der Waals surface area contributed by atoms with Crippen LogP contribution in [0.1, 0.15) is 36.7 Å². The van der Waals surface area contributed by atoms with E-state index in [1.165, 1.54) is 32.1 Å². The third-order valence-corrected chi connectivity index (χ3v) is 3.71. The molecule has 19 heavy (non-hydrogen) atoms. The van der Waals surface area contributed by atoms with Crippen molar-refractivity contribution in [2.45, 2.75) is 26.2 Å².